The van der Waals surface area contributed by atoms with Gasteiger partial charge in [-0.05, 0) is 43.7 Å². The number of cyclic esters (lactones) is 1. The van der Waals surface area contributed by atoms with Crippen LogP contribution in [0.4, 0.5) is 5.69 Å². The summed E-state index contributed by atoms with van der Waals surface area (Å²) in [4.78, 5) is 54.0. The summed E-state index contributed by atoms with van der Waals surface area (Å²) in [6.45, 7) is 2.69. The fraction of sp³-hybridized carbons (Fsp3) is 0.545. The summed E-state index contributed by atoms with van der Waals surface area (Å²) >= 11 is 0. The Bertz CT molecular complexity index is 867. The third-order valence-electron chi connectivity index (χ3n) is 5.36. The van der Waals surface area contributed by atoms with Crippen molar-refractivity contribution in [3.63, 3.8) is 0 Å². The van der Waals surface area contributed by atoms with Crippen molar-refractivity contribution in [2.75, 3.05) is 18.7 Å². The first-order valence-electron chi connectivity index (χ1n) is 10.5. The Balaban J connectivity index is 2.31. The molecule has 3 atom stereocenters. The number of phenolic OH excluding ortho intramolecular Hbond substituents is 1. The molecule has 176 valence electrons. The number of Topliss-reactive ketones (excluding diaryl/α,β-unsaturated/α-hetero) is 3. The number of fused-ring (bicyclic) bond motifs is 1. The minimum atomic E-state index is -1.10. The Kier molecular flexibility index (Phi) is 9.30. The smallest absolute Gasteiger partial charge is 0.342 e. The van der Waals surface area contributed by atoms with Crippen LogP contribution in [0.15, 0.2) is 12.1 Å². The van der Waals surface area contributed by atoms with Crippen molar-refractivity contribution in [1.82, 2.24) is 0 Å². The van der Waals surface area contributed by atoms with Gasteiger partial charge in [0.2, 0.25) is 11.6 Å². The number of aliphatic hydroxyl groups excluding tert-OH is 2. The molecule has 1 aromatic rings. The molecule has 1 aliphatic rings. The number of hydrogen-bond donors (Lipinski definition) is 4. The SMILES string of the molecule is C[C@@H]1CCC(=O)C(=O)C(=O)CCCc2cc(NOCC(O)CO)cc(O)c2C(=O)O[C@H]1C. The van der Waals surface area contributed by atoms with Gasteiger partial charge in [-0.25, -0.2) is 4.79 Å². The Labute approximate surface area is 185 Å². The van der Waals surface area contributed by atoms with E-state index in [0.29, 0.717) is 5.56 Å². The van der Waals surface area contributed by atoms with E-state index in [4.69, 9.17) is 14.7 Å². The molecule has 1 aliphatic heterocycles. The second kappa shape index (κ2) is 11.7. The van der Waals surface area contributed by atoms with Crippen molar-refractivity contribution in [2.45, 2.75) is 58.2 Å². The maximum Gasteiger partial charge on any atom is 0.342 e. The number of ether oxygens (including phenoxy) is 1. The van der Waals surface area contributed by atoms with Crippen molar-refractivity contribution >= 4 is 29.0 Å². The van der Waals surface area contributed by atoms with Gasteiger partial charge in [-0.1, -0.05) is 6.92 Å². The van der Waals surface area contributed by atoms with Crippen molar-refractivity contribution in [1.29, 1.82) is 0 Å². The number of esters is 1. The van der Waals surface area contributed by atoms with Crippen LogP contribution < -0.4 is 5.48 Å². The molecule has 0 amide bonds. The van der Waals surface area contributed by atoms with Crippen LogP contribution in [0.25, 0.3) is 0 Å². The number of rotatable bonds is 5. The molecule has 1 aromatic carbocycles. The number of aromatic hydroxyl groups is 1. The van der Waals surface area contributed by atoms with Crippen molar-refractivity contribution in [3.05, 3.63) is 23.3 Å². The molecule has 0 spiro atoms. The second-order valence-electron chi connectivity index (χ2n) is 7.93. The monoisotopic (exact) mass is 451 g/mol. The lowest BCUT2D eigenvalue weighted by atomic mass is 9.94. The number of aliphatic hydroxyl groups is 2. The van der Waals surface area contributed by atoms with Crippen molar-refractivity contribution < 1.29 is 44.1 Å². The van der Waals surface area contributed by atoms with E-state index in [1.165, 1.54) is 12.1 Å². The van der Waals surface area contributed by atoms with Crippen LogP contribution in [0.1, 0.15) is 55.5 Å². The summed E-state index contributed by atoms with van der Waals surface area (Å²) in [6, 6.07) is 2.76. The predicted octanol–water partition coefficient (Wildman–Crippen LogP) is 1.09. The highest BCUT2D eigenvalue weighted by Crippen LogP contribution is 2.30. The number of carbonyl (C=O) groups excluding carboxylic acids is 4. The Morgan fingerprint density at radius 1 is 1.12 bits per heavy atom. The zero-order valence-corrected chi connectivity index (χ0v) is 18.1. The molecule has 0 bridgehead atoms. The van der Waals surface area contributed by atoms with Gasteiger partial charge in [0.05, 0.1) is 12.3 Å². The van der Waals surface area contributed by atoms with Gasteiger partial charge in [0.1, 0.15) is 30.1 Å². The van der Waals surface area contributed by atoms with E-state index >= 15 is 0 Å². The predicted molar refractivity (Wildman–Crippen MR) is 112 cm³/mol. The van der Waals surface area contributed by atoms with Gasteiger partial charge in [-0.2, -0.15) is 0 Å². The minimum Gasteiger partial charge on any atom is -0.507 e. The minimum absolute atomic E-state index is 0.0584. The molecule has 10 heteroatoms. The Hall–Kier alpha value is -2.82. The quantitative estimate of drug-likeness (QED) is 0.290. The van der Waals surface area contributed by atoms with Gasteiger partial charge in [0, 0.05) is 18.9 Å². The van der Waals surface area contributed by atoms with Crippen LogP contribution >= 0.6 is 0 Å². The van der Waals surface area contributed by atoms with E-state index < -0.39 is 42.1 Å². The van der Waals surface area contributed by atoms with Crippen molar-refractivity contribution in [3.8, 4) is 5.75 Å². The topological polar surface area (TPSA) is 159 Å². The lowest BCUT2D eigenvalue weighted by molar-refractivity contribution is -0.144. The first kappa shape index (κ1) is 25.4. The molecule has 10 nitrogen and oxygen atoms in total. The lowest BCUT2D eigenvalue weighted by Gasteiger charge is -2.22. The molecule has 4 N–H and O–H groups in total. The number of phenols is 1. The molecule has 1 unspecified atom stereocenters. The number of anilines is 1. The van der Waals surface area contributed by atoms with E-state index in [2.05, 4.69) is 5.48 Å². The van der Waals surface area contributed by atoms with Crippen LogP contribution in [-0.4, -0.2) is 64.1 Å². The molecular weight excluding hydrogens is 422 g/mol. The van der Waals surface area contributed by atoms with E-state index in [-0.39, 0.29) is 61.6 Å². The molecule has 2 rings (SSSR count). The molecule has 0 saturated heterocycles. The van der Waals surface area contributed by atoms with E-state index in [9.17, 15) is 29.4 Å². The highest BCUT2D eigenvalue weighted by atomic mass is 16.6. The Morgan fingerprint density at radius 2 is 1.81 bits per heavy atom. The molecular formula is C22H29NO9. The molecule has 0 fully saturated rings. The van der Waals surface area contributed by atoms with E-state index in [1.54, 1.807) is 13.8 Å². The summed E-state index contributed by atoms with van der Waals surface area (Å²) in [5.74, 6) is -3.92. The van der Waals surface area contributed by atoms with Gasteiger partial charge in [-0.3, -0.25) is 24.7 Å². The number of carbonyl (C=O) groups is 4. The summed E-state index contributed by atoms with van der Waals surface area (Å²) in [6.07, 6.45) is -1.40. The third-order valence-corrected chi connectivity index (χ3v) is 5.36. The molecule has 32 heavy (non-hydrogen) atoms. The number of ketones is 3. The standard InChI is InChI=1S/C22H29NO9/c1-12-6-7-18(27)21(29)17(26)5-3-4-14-8-15(23-31-11-16(25)10-24)9-19(28)20(14)22(30)32-13(12)2/h8-9,12-13,16,23-25,28H,3-7,10-11H2,1-2H3/t12-,13+,16?/m1/s1. The van der Waals surface area contributed by atoms with Gasteiger partial charge in [0.25, 0.3) is 5.78 Å². The largest absolute Gasteiger partial charge is 0.507 e. The summed E-state index contributed by atoms with van der Waals surface area (Å²) in [5.41, 5.74) is 3.07. The summed E-state index contributed by atoms with van der Waals surface area (Å²) in [5, 5.41) is 28.7. The average molecular weight is 451 g/mol. The number of nitrogens with one attached hydrogen (secondary N) is 1. The van der Waals surface area contributed by atoms with Crippen LogP contribution in [0.2, 0.25) is 0 Å². The number of benzene rings is 1. The highest BCUT2D eigenvalue weighted by molar-refractivity contribution is 6.63. The van der Waals surface area contributed by atoms with E-state index in [0.717, 1.165) is 0 Å². The third kappa shape index (κ3) is 6.84. The van der Waals surface area contributed by atoms with Gasteiger partial charge in [-0.15, -0.1) is 0 Å². The summed E-state index contributed by atoms with van der Waals surface area (Å²) in [7, 11) is 0. The zero-order valence-electron chi connectivity index (χ0n) is 18.1. The molecule has 0 aromatic heterocycles. The first-order chi connectivity index (χ1) is 15.1. The molecule has 0 saturated carbocycles. The zero-order chi connectivity index (χ0) is 23.8. The van der Waals surface area contributed by atoms with Crippen LogP contribution in [-0.2, 0) is 30.4 Å². The van der Waals surface area contributed by atoms with Crippen molar-refractivity contribution in [2.24, 2.45) is 5.92 Å². The average Bonchev–Trinajstić information content (AvgIpc) is 2.75. The highest BCUT2D eigenvalue weighted by Gasteiger charge is 2.27. The molecule has 0 aliphatic carbocycles. The molecule has 0 radical (unpaired) electrons. The fourth-order valence-electron chi connectivity index (χ4n) is 3.21. The lowest BCUT2D eigenvalue weighted by Crippen LogP contribution is -2.27. The maximum atomic E-state index is 12.8. The normalized spacial score (nSPS) is 22.0. The second-order valence-corrected chi connectivity index (χ2v) is 7.93. The van der Waals surface area contributed by atoms with E-state index in [1.807, 2.05) is 0 Å². The fourth-order valence-corrected chi connectivity index (χ4v) is 3.21. The molecule has 1 heterocycles. The number of aryl methyl sites for hydroxylation is 1. The summed E-state index contributed by atoms with van der Waals surface area (Å²) < 4.78 is 5.49. The van der Waals surface area contributed by atoms with Gasteiger partial charge in [0.15, 0.2) is 0 Å². The number of hydrogen-bond acceptors (Lipinski definition) is 10. The van der Waals surface area contributed by atoms with Crippen LogP contribution in [0, 0.1) is 5.92 Å². The Morgan fingerprint density at radius 3 is 2.50 bits per heavy atom. The van der Waals surface area contributed by atoms with Crippen LogP contribution in [0.3, 0.4) is 0 Å². The van der Waals surface area contributed by atoms with Crippen LogP contribution in [0.5, 0.6) is 5.75 Å². The van der Waals surface area contributed by atoms with Gasteiger partial charge >= 0.3 is 5.97 Å². The first-order valence-corrected chi connectivity index (χ1v) is 10.5. The maximum absolute atomic E-state index is 12.8. The van der Waals surface area contributed by atoms with Gasteiger partial charge < -0.3 is 20.1 Å².